The Kier molecular flexibility index (Phi) is 4.59. The van der Waals surface area contributed by atoms with E-state index in [1.807, 2.05) is 19.2 Å². The fourth-order valence-corrected chi connectivity index (χ4v) is 2.77. The fourth-order valence-electron chi connectivity index (χ4n) is 2.77. The highest BCUT2D eigenvalue weighted by atomic mass is 16.3. The molecule has 1 aromatic carbocycles. The second-order valence-electron chi connectivity index (χ2n) is 5.54. The van der Waals surface area contributed by atoms with Gasteiger partial charge in [0.2, 0.25) is 5.91 Å². The van der Waals surface area contributed by atoms with E-state index >= 15 is 0 Å². The summed E-state index contributed by atoms with van der Waals surface area (Å²) in [5.41, 5.74) is 2.51. The first kappa shape index (κ1) is 14.1. The van der Waals surface area contributed by atoms with Crippen molar-refractivity contribution in [3.63, 3.8) is 0 Å². The van der Waals surface area contributed by atoms with Crippen LogP contribution >= 0.6 is 0 Å². The largest absolute Gasteiger partial charge is 0.393 e. The Labute approximate surface area is 115 Å². The highest BCUT2D eigenvalue weighted by Gasteiger charge is 2.28. The number of aliphatic hydroxyl groups excluding tert-OH is 1. The van der Waals surface area contributed by atoms with E-state index in [0.717, 1.165) is 19.3 Å². The van der Waals surface area contributed by atoms with Crippen molar-refractivity contribution in [3.8, 4) is 0 Å². The average Bonchev–Trinajstić information content (AvgIpc) is 2.43. The molecule has 1 aliphatic carbocycles. The minimum absolute atomic E-state index is 0.00366. The molecule has 19 heavy (non-hydrogen) atoms. The lowest BCUT2D eigenvalue weighted by Crippen LogP contribution is -2.35. The molecule has 2 unspecified atom stereocenters. The maximum atomic E-state index is 12.5. The fraction of sp³-hybridized carbons (Fsp3) is 0.562. The van der Waals surface area contributed by atoms with E-state index in [0.29, 0.717) is 13.0 Å². The van der Waals surface area contributed by atoms with Gasteiger partial charge < -0.3 is 10.0 Å². The molecule has 0 bridgehead atoms. The zero-order valence-electron chi connectivity index (χ0n) is 11.8. The molecule has 1 amide bonds. The van der Waals surface area contributed by atoms with Crippen LogP contribution in [0.3, 0.4) is 0 Å². The summed E-state index contributed by atoms with van der Waals surface area (Å²) in [5, 5.41) is 9.31. The number of aliphatic hydroxyl groups is 1. The standard InChI is InChI=1S/C16H23NO2/c1-12(18)10-11-17(2)16(19)15-9-5-7-13-6-3-4-8-14(13)15/h3-4,6,8,12,15,18H,5,7,9-11H2,1-2H3. The van der Waals surface area contributed by atoms with Gasteiger partial charge in [-0.2, -0.15) is 0 Å². The molecule has 0 spiro atoms. The van der Waals surface area contributed by atoms with Crippen LogP contribution < -0.4 is 0 Å². The first-order valence-electron chi connectivity index (χ1n) is 7.10. The van der Waals surface area contributed by atoms with Crippen molar-refractivity contribution in [2.24, 2.45) is 0 Å². The van der Waals surface area contributed by atoms with E-state index in [-0.39, 0.29) is 17.9 Å². The highest BCUT2D eigenvalue weighted by Crippen LogP contribution is 2.32. The van der Waals surface area contributed by atoms with Crippen LogP contribution in [0.15, 0.2) is 24.3 Å². The van der Waals surface area contributed by atoms with E-state index in [2.05, 4.69) is 12.1 Å². The van der Waals surface area contributed by atoms with Gasteiger partial charge in [0.1, 0.15) is 0 Å². The molecule has 0 saturated heterocycles. The van der Waals surface area contributed by atoms with Gasteiger partial charge in [0.15, 0.2) is 0 Å². The second-order valence-corrected chi connectivity index (χ2v) is 5.54. The van der Waals surface area contributed by atoms with Gasteiger partial charge in [0.25, 0.3) is 0 Å². The SMILES string of the molecule is CC(O)CCN(C)C(=O)C1CCCc2ccccc21. The van der Waals surface area contributed by atoms with E-state index in [1.165, 1.54) is 11.1 Å². The molecule has 0 fully saturated rings. The second kappa shape index (κ2) is 6.20. The number of rotatable bonds is 4. The normalized spacial score (nSPS) is 19.6. The van der Waals surface area contributed by atoms with Crippen molar-refractivity contribution in [3.05, 3.63) is 35.4 Å². The van der Waals surface area contributed by atoms with Crippen molar-refractivity contribution >= 4 is 5.91 Å². The van der Waals surface area contributed by atoms with Crippen LogP contribution in [0.4, 0.5) is 0 Å². The number of likely N-dealkylation sites (N-methyl/N-ethyl adjacent to an activating group) is 1. The molecule has 1 aliphatic rings. The number of aryl methyl sites for hydroxylation is 1. The lowest BCUT2D eigenvalue weighted by molar-refractivity contribution is -0.132. The Morgan fingerprint density at radius 2 is 2.21 bits per heavy atom. The smallest absolute Gasteiger partial charge is 0.229 e. The van der Waals surface area contributed by atoms with Gasteiger partial charge in [0.05, 0.1) is 12.0 Å². The van der Waals surface area contributed by atoms with Crippen LogP contribution in [0.2, 0.25) is 0 Å². The number of fused-ring (bicyclic) bond motifs is 1. The summed E-state index contributed by atoms with van der Waals surface area (Å²) in [6.45, 7) is 2.38. The van der Waals surface area contributed by atoms with Crippen molar-refractivity contribution in [1.29, 1.82) is 0 Å². The molecule has 2 rings (SSSR count). The van der Waals surface area contributed by atoms with Crippen LogP contribution in [0, 0.1) is 0 Å². The summed E-state index contributed by atoms with van der Waals surface area (Å²) in [5.74, 6) is 0.191. The van der Waals surface area contributed by atoms with Crippen LogP contribution in [-0.4, -0.2) is 35.6 Å². The first-order valence-corrected chi connectivity index (χ1v) is 7.10. The van der Waals surface area contributed by atoms with Crippen LogP contribution in [0.25, 0.3) is 0 Å². The predicted octanol–water partition coefficient (Wildman–Crippen LogP) is 2.34. The Bertz CT molecular complexity index is 442. The maximum absolute atomic E-state index is 12.5. The molecule has 0 aromatic heterocycles. The Morgan fingerprint density at radius 1 is 1.47 bits per heavy atom. The third kappa shape index (κ3) is 3.35. The number of amides is 1. The molecule has 3 nitrogen and oxygen atoms in total. The Hall–Kier alpha value is -1.35. The predicted molar refractivity (Wildman–Crippen MR) is 76.1 cm³/mol. The van der Waals surface area contributed by atoms with Gasteiger partial charge in [-0.3, -0.25) is 4.79 Å². The van der Waals surface area contributed by atoms with E-state index in [4.69, 9.17) is 0 Å². The zero-order valence-corrected chi connectivity index (χ0v) is 11.8. The molecule has 1 aromatic rings. The number of benzene rings is 1. The number of carbonyl (C=O) groups is 1. The van der Waals surface area contributed by atoms with Crippen molar-refractivity contribution in [2.75, 3.05) is 13.6 Å². The van der Waals surface area contributed by atoms with Gasteiger partial charge >= 0.3 is 0 Å². The topological polar surface area (TPSA) is 40.5 Å². The number of carbonyl (C=O) groups excluding carboxylic acids is 1. The Balaban J connectivity index is 2.08. The van der Waals surface area contributed by atoms with Gasteiger partial charge in [-0.15, -0.1) is 0 Å². The molecule has 3 heteroatoms. The lowest BCUT2D eigenvalue weighted by Gasteiger charge is -2.29. The van der Waals surface area contributed by atoms with E-state index < -0.39 is 0 Å². The summed E-state index contributed by atoms with van der Waals surface area (Å²) in [4.78, 5) is 14.3. The van der Waals surface area contributed by atoms with Gasteiger partial charge in [-0.1, -0.05) is 24.3 Å². The van der Waals surface area contributed by atoms with Crippen molar-refractivity contribution in [1.82, 2.24) is 4.90 Å². The van der Waals surface area contributed by atoms with E-state index in [9.17, 15) is 9.90 Å². The van der Waals surface area contributed by atoms with Gasteiger partial charge in [0, 0.05) is 13.6 Å². The molecule has 0 radical (unpaired) electrons. The molecule has 0 heterocycles. The van der Waals surface area contributed by atoms with Crippen molar-refractivity contribution in [2.45, 2.75) is 44.6 Å². The number of nitrogens with zero attached hydrogens (tertiary/aromatic N) is 1. The quantitative estimate of drug-likeness (QED) is 0.903. The molecule has 0 aliphatic heterocycles. The summed E-state index contributed by atoms with van der Waals surface area (Å²) in [6, 6.07) is 8.27. The lowest BCUT2D eigenvalue weighted by atomic mass is 9.82. The van der Waals surface area contributed by atoms with Crippen LogP contribution in [-0.2, 0) is 11.2 Å². The third-order valence-electron chi connectivity index (χ3n) is 3.93. The zero-order chi connectivity index (χ0) is 13.8. The monoisotopic (exact) mass is 261 g/mol. The number of hydrogen-bond donors (Lipinski definition) is 1. The Morgan fingerprint density at radius 3 is 2.95 bits per heavy atom. The first-order chi connectivity index (χ1) is 9.09. The summed E-state index contributed by atoms with van der Waals surface area (Å²) >= 11 is 0. The molecular weight excluding hydrogens is 238 g/mol. The summed E-state index contributed by atoms with van der Waals surface area (Å²) in [6.07, 6.45) is 3.38. The maximum Gasteiger partial charge on any atom is 0.229 e. The summed E-state index contributed by atoms with van der Waals surface area (Å²) < 4.78 is 0. The molecular formula is C16H23NO2. The number of hydrogen-bond acceptors (Lipinski definition) is 2. The van der Waals surface area contributed by atoms with Gasteiger partial charge in [-0.05, 0) is 43.7 Å². The summed E-state index contributed by atoms with van der Waals surface area (Å²) in [7, 11) is 1.84. The minimum Gasteiger partial charge on any atom is -0.393 e. The third-order valence-corrected chi connectivity index (χ3v) is 3.93. The van der Waals surface area contributed by atoms with Gasteiger partial charge in [-0.25, -0.2) is 0 Å². The van der Waals surface area contributed by atoms with Crippen LogP contribution in [0.5, 0.6) is 0 Å². The molecule has 0 saturated carbocycles. The average molecular weight is 261 g/mol. The van der Waals surface area contributed by atoms with E-state index in [1.54, 1.807) is 11.8 Å². The minimum atomic E-state index is -0.353. The molecule has 104 valence electrons. The highest BCUT2D eigenvalue weighted by molar-refractivity contribution is 5.84. The molecule has 1 N–H and O–H groups in total. The molecule has 2 atom stereocenters. The van der Waals surface area contributed by atoms with Crippen molar-refractivity contribution < 1.29 is 9.90 Å². The van der Waals surface area contributed by atoms with Crippen LogP contribution in [0.1, 0.15) is 43.2 Å².